The van der Waals surface area contributed by atoms with Gasteiger partial charge in [0, 0.05) is 11.9 Å². The highest BCUT2D eigenvalue weighted by atomic mass is 32.2. The number of rotatable bonds is 6. The van der Waals surface area contributed by atoms with Crippen molar-refractivity contribution < 1.29 is 36.5 Å². The Labute approximate surface area is 172 Å². The molecule has 0 bridgehead atoms. The van der Waals surface area contributed by atoms with Crippen LogP contribution in [0.2, 0.25) is 0 Å². The third-order valence-electron chi connectivity index (χ3n) is 4.90. The van der Waals surface area contributed by atoms with Crippen molar-refractivity contribution in [1.82, 2.24) is 10.2 Å². The first-order chi connectivity index (χ1) is 13.3. The van der Waals surface area contributed by atoms with E-state index in [4.69, 9.17) is 4.52 Å². The molecule has 0 spiro atoms. The first kappa shape index (κ1) is 22.3. The van der Waals surface area contributed by atoms with E-state index in [1.54, 1.807) is 19.9 Å². The van der Waals surface area contributed by atoms with E-state index in [0.29, 0.717) is 0 Å². The summed E-state index contributed by atoms with van der Waals surface area (Å²) in [5.41, 5.74) is 0.0488. The van der Waals surface area contributed by atoms with Crippen molar-refractivity contribution in [2.45, 2.75) is 41.0 Å². The first-order valence-electron chi connectivity index (χ1n) is 8.51. The Morgan fingerprint density at radius 2 is 1.93 bits per heavy atom. The number of benzene rings is 1. The average molecular weight is 464 g/mol. The van der Waals surface area contributed by atoms with E-state index in [1.165, 1.54) is 40.9 Å². The minimum Gasteiger partial charge on any atom is -0.340 e. The predicted octanol–water partition coefficient (Wildman–Crippen LogP) is 0.952. The van der Waals surface area contributed by atoms with Gasteiger partial charge in [0.1, 0.15) is 17.2 Å². The van der Waals surface area contributed by atoms with Gasteiger partial charge in [0.15, 0.2) is 5.25 Å². The van der Waals surface area contributed by atoms with Gasteiger partial charge in [0.25, 0.3) is 10.1 Å². The second-order valence-electron chi connectivity index (χ2n) is 7.27. The molecule has 2 amide bonds. The molecule has 160 valence electrons. The van der Waals surface area contributed by atoms with E-state index in [-0.39, 0.29) is 5.56 Å². The molecule has 13 heteroatoms. The maximum Gasteiger partial charge on any atom is 0.351 e. The Kier molecular flexibility index (Phi) is 5.65. The van der Waals surface area contributed by atoms with Crippen molar-refractivity contribution >= 4 is 41.3 Å². The van der Waals surface area contributed by atoms with Crippen LogP contribution >= 0.6 is 19.4 Å². The molecule has 1 aromatic carbocycles. The fourth-order valence-electron chi connectivity index (χ4n) is 3.68. The van der Waals surface area contributed by atoms with Crippen molar-refractivity contribution in [3.63, 3.8) is 0 Å². The highest BCUT2D eigenvalue weighted by molar-refractivity contribution is 8.02. The quantitative estimate of drug-likeness (QED) is 0.318. The molecule has 2 saturated heterocycles. The summed E-state index contributed by atoms with van der Waals surface area (Å²) in [6.07, 6.45) is 0. The standard InChI is InChI=1S/C16H21N2O8PS2/c1-16(2)15(27(21,22)26-3)18-13(20)10(14(18)28-16)17-12(19)11(29(23,24)25)9-7-5-4-6-8-9/h4-8,10-11,14-15H,1-3H3,(H,17,19)(H,21,22)(H,23,24,25)/t10?,11?,14-,15?/m1/s1. The smallest absolute Gasteiger partial charge is 0.340 e. The number of nitrogens with one attached hydrogen (secondary N) is 1. The van der Waals surface area contributed by atoms with Crippen molar-refractivity contribution in [3.8, 4) is 0 Å². The van der Waals surface area contributed by atoms with E-state index < -0.39 is 56.7 Å². The van der Waals surface area contributed by atoms with Crippen LogP contribution in [0.15, 0.2) is 30.3 Å². The third kappa shape index (κ3) is 3.85. The van der Waals surface area contributed by atoms with E-state index in [9.17, 15) is 32.0 Å². The Bertz CT molecular complexity index is 984. The first-order valence-corrected chi connectivity index (χ1v) is 12.5. The van der Waals surface area contributed by atoms with E-state index in [1.807, 2.05) is 0 Å². The summed E-state index contributed by atoms with van der Waals surface area (Å²) in [5.74, 6) is -2.79. The summed E-state index contributed by atoms with van der Waals surface area (Å²) < 4.78 is 49.4. The lowest BCUT2D eigenvalue weighted by molar-refractivity contribution is -0.149. The Morgan fingerprint density at radius 1 is 1.34 bits per heavy atom. The van der Waals surface area contributed by atoms with Crippen LogP contribution in [0.25, 0.3) is 0 Å². The molecule has 2 fully saturated rings. The highest BCUT2D eigenvalue weighted by Gasteiger charge is 2.67. The second kappa shape index (κ2) is 7.36. The van der Waals surface area contributed by atoms with Gasteiger partial charge in [-0.05, 0) is 19.4 Å². The Morgan fingerprint density at radius 3 is 2.45 bits per heavy atom. The molecule has 10 nitrogen and oxygen atoms in total. The summed E-state index contributed by atoms with van der Waals surface area (Å²) in [4.78, 5) is 36.6. The van der Waals surface area contributed by atoms with Crippen LogP contribution in [0, 0.1) is 0 Å². The summed E-state index contributed by atoms with van der Waals surface area (Å²) in [6, 6.07) is 6.30. The number of hydrogen-bond donors (Lipinski definition) is 3. The van der Waals surface area contributed by atoms with Gasteiger partial charge < -0.3 is 19.6 Å². The molecular weight excluding hydrogens is 443 g/mol. The van der Waals surface area contributed by atoms with Crippen molar-refractivity contribution in [1.29, 1.82) is 0 Å². The summed E-state index contributed by atoms with van der Waals surface area (Å²) in [6.45, 7) is 3.36. The molecule has 5 atom stereocenters. The molecule has 2 aliphatic rings. The van der Waals surface area contributed by atoms with Gasteiger partial charge >= 0.3 is 7.60 Å². The Balaban J connectivity index is 1.85. The summed E-state index contributed by atoms with van der Waals surface area (Å²) in [7, 11) is -7.86. The van der Waals surface area contributed by atoms with Crippen LogP contribution in [-0.4, -0.2) is 63.6 Å². The highest BCUT2D eigenvalue weighted by Crippen LogP contribution is 2.64. The zero-order chi connectivity index (χ0) is 21.8. The van der Waals surface area contributed by atoms with Gasteiger partial charge in [-0.15, -0.1) is 11.8 Å². The zero-order valence-corrected chi connectivity index (χ0v) is 18.3. The molecule has 0 radical (unpaired) electrons. The van der Waals surface area contributed by atoms with Gasteiger partial charge in [-0.3, -0.25) is 18.7 Å². The SMILES string of the molecule is COP(=O)(O)C1N2C(=O)C(NC(=O)C(c3ccccc3)S(=O)(=O)O)[C@H]2SC1(C)C. The molecule has 1 aromatic rings. The molecule has 2 heterocycles. The minimum absolute atomic E-state index is 0.0488. The number of fused-ring (bicyclic) bond motifs is 1. The van der Waals surface area contributed by atoms with Crippen LogP contribution in [0.5, 0.6) is 0 Å². The molecule has 29 heavy (non-hydrogen) atoms. The minimum atomic E-state index is -4.80. The van der Waals surface area contributed by atoms with Gasteiger partial charge in [-0.2, -0.15) is 8.42 Å². The van der Waals surface area contributed by atoms with E-state index in [0.717, 1.165) is 7.11 Å². The van der Waals surface area contributed by atoms with Crippen LogP contribution < -0.4 is 5.32 Å². The van der Waals surface area contributed by atoms with Crippen LogP contribution in [-0.2, 0) is 28.8 Å². The molecule has 0 aliphatic carbocycles. The van der Waals surface area contributed by atoms with E-state index in [2.05, 4.69) is 5.32 Å². The molecule has 0 saturated carbocycles. The monoisotopic (exact) mass is 464 g/mol. The van der Waals surface area contributed by atoms with E-state index >= 15 is 0 Å². The van der Waals surface area contributed by atoms with Crippen molar-refractivity contribution in [2.75, 3.05) is 7.11 Å². The summed E-state index contributed by atoms with van der Waals surface area (Å²) in [5, 5.41) is -0.198. The molecule has 3 rings (SSSR count). The zero-order valence-electron chi connectivity index (χ0n) is 15.8. The number of carbonyl (C=O) groups is 2. The molecule has 4 unspecified atom stereocenters. The van der Waals surface area contributed by atoms with Crippen molar-refractivity contribution in [2.24, 2.45) is 0 Å². The lowest BCUT2D eigenvalue weighted by atomic mass is 10.0. The molecular formula is C16H21N2O8PS2. The number of nitrogens with zero attached hydrogens (tertiary/aromatic N) is 1. The average Bonchev–Trinajstić information content (AvgIpc) is 2.88. The van der Waals surface area contributed by atoms with Crippen molar-refractivity contribution in [3.05, 3.63) is 35.9 Å². The van der Waals surface area contributed by atoms with Crippen LogP contribution in [0.3, 0.4) is 0 Å². The van der Waals surface area contributed by atoms with Gasteiger partial charge in [-0.1, -0.05) is 30.3 Å². The number of amides is 2. The molecule has 3 N–H and O–H groups in total. The number of hydrogen-bond acceptors (Lipinski definition) is 7. The largest absolute Gasteiger partial charge is 0.351 e. The fourth-order valence-corrected chi connectivity index (χ4v) is 8.26. The van der Waals surface area contributed by atoms with Gasteiger partial charge in [0.05, 0.1) is 0 Å². The fraction of sp³-hybridized carbons (Fsp3) is 0.500. The lowest BCUT2D eigenvalue weighted by Gasteiger charge is -2.45. The van der Waals surface area contributed by atoms with Gasteiger partial charge in [-0.25, -0.2) is 0 Å². The number of carbonyl (C=O) groups excluding carboxylic acids is 2. The van der Waals surface area contributed by atoms with Gasteiger partial charge in [0.2, 0.25) is 11.8 Å². The topological polar surface area (TPSA) is 150 Å². The summed E-state index contributed by atoms with van der Waals surface area (Å²) >= 11 is 1.20. The molecule has 0 aromatic heterocycles. The van der Waals surface area contributed by atoms with Crippen LogP contribution in [0.1, 0.15) is 24.7 Å². The normalized spacial score (nSPS) is 28.8. The second-order valence-corrected chi connectivity index (χ2v) is 12.5. The number of β-lactam (4-membered cyclic amide) rings is 1. The van der Waals surface area contributed by atoms with Crippen LogP contribution in [0.4, 0.5) is 0 Å². The number of thioether (sulfide) groups is 1. The lowest BCUT2D eigenvalue weighted by Crippen LogP contribution is -2.69. The maximum atomic E-state index is 12.7. The predicted molar refractivity (Wildman–Crippen MR) is 106 cm³/mol. The third-order valence-corrected chi connectivity index (χ3v) is 9.76. The maximum absolute atomic E-state index is 12.7. The Hall–Kier alpha value is -1.43. The molecule has 2 aliphatic heterocycles.